The third-order valence-corrected chi connectivity index (χ3v) is 5.44. The molecule has 2 aromatic rings. The largest absolute Gasteiger partial charge is 0.437 e. The number of carbonyl (C=O) groups excluding carboxylic acids is 2. The molecule has 1 aromatic carbocycles. The second kappa shape index (κ2) is 6.61. The van der Waals surface area contributed by atoms with E-state index in [9.17, 15) is 32.3 Å². The quantitative estimate of drug-likeness (QED) is 0.611. The molecule has 3 rings (SSSR count). The molecule has 27 heavy (non-hydrogen) atoms. The number of hydrogen-bond donors (Lipinski definition) is 2. The summed E-state index contributed by atoms with van der Waals surface area (Å²) in [5.41, 5.74) is -3.68. The predicted molar refractivity (Wildman–Crippen MR) is 88.6 cm³/mol. The van der Waals surface area contributed by atoms with E-state index in [0.29, 0.717) is 0 Å². The van der Waals surface area contributed by atoms with E-state index in [0.717, 1.165) is 42.6 Å². The van der Waals surface area contributed by atoms with Gasteiger partial charge >= 0.3 is 12.2 Å². The van der Waals surface area contributed by atoms with Gasteiger partial charge in [-0.15, -0.1) is 11.3 Å². The van der Waals surface area contributed by atoms with Gasteiger partial charge in [-0.3, -0.25) is 9.69 Å². The lowest BCUT2D eigenvalue weighted by atomic mass is 9.78. The Balaban J connectivity index is 2.19. The van der Waals surface area contributed by atoms with Crippen molar-refractivity contribution in [2.75, 3.05) is 7.05 Å². The van der Waals surface area contributed by atoms with Gasteiger partial charge < -0.3 is 10.4 Å². The van der Waals surface area contributed by atoms with E-state index in [4.69, 9.17) is 0 Å². The molecule has 0 saturated carbocycles. The van der Waals surface area contributed by atoms with E-state index in [2.05, 4.69) is 5.32 Å². The number of benzene rings is 1. The van der Waals surface area contributed by atoms with Gasteiger partial charge in [-0.25, -0.2) is 9.18 Å². The summed E-state index contributed by atoms with van der Waals surface area (Å²) < 4.78 is 54.8. The van der Waals surface area contributed by atoms with Gasteiger partial charge in [-0.2, -0.15) is 13.2 Å². The zero-order valence-corrected chi connectivity index (χ0v) is 14.6. The van der Waals surface area contributed by atoms with Crippen molar-refractivity contribution >= 4 is 23.2 Å². The highest BCUT2D eigenvalue weighted by Crippen LogP contribution is 2.47. The number of nitrogens with one attached hydrogen (secondary N) is 1. The number of amides is 2. The van der Waals surface area contributed by atoms with E-state index in [1.54, 1.807) is 0 Å². The predicted octanol–water partition coefficient (Wildman–Crippen LogP) is 3.33. The second-order valence-electron chi connectivity index (χ2n) is 6.08. The number of nitrogens with zero attached hydrogens (tertiary/aromatic N) is 1. The molecule has 1 aliphatic rings. The lowest BCUT2D eigenvalue weighted by molar-refractivity contribution is -0.322. The maximum Gasteiger partial charge on any atom is 0.437 e. The number of carbonyl (C=O) groups is 2. The van der Waals surface area contributed by atoms with Crippen molar-refractivity contribution in [2.24, 2.45) is 5.92 Å². The fourth-order valence-corrected chi connectivity index (χ4v) is 3.83. The third kappa shape index (κ3) is 3.08. The van der Waals surface area contributed by atoms with Crippen LogP contribution in [-0.2, 0) is 0 Å². The number of urea groups is 1. The summed E-state index contributed by atoms with van der Waals surface area (Å²) in [6, 6.07) is 4.44. The molecule has 10 heteroatoms. The lowest BCUT2D eigenvalue weighted by Gasteiger charge is -2.49. The Morgan fingerprint density at radius 3 is 2.41 bits per heavy atom. The van der Waals surface area contributed by atoms with Crippen molar-refractivity contribution in [1.82, 2.24) is 10.2 Å². The van der Waals surface area contributed by atoms with Crippen LogP contribution in [0.5, 0.6) is 0 Å². The minimum atomic E-state index is -5.31. The number of aliphatic hydroxyl groups is 1. The summed E-state index contributed by atoms with van der Waals surface area (Å²) in [7, 11) is 0.762. The van der Waals surface area contributed by atoms with E-state index in [-0.39, 0.29) is 15.3 Å². The molecule has 0 radical (unpaired) electrons. The highest BCUT2D eigenvalue weighted by Gasteiger charge is 2.69. The van der Waals surface area contributed by atoms with Gasteiger partial charge in [0.15, 0.2) is 5.78 Å². The molecule has 1 fully saturated rings. The summed E-state index contributed by atoms with van der Waals surface area (Å²) in [6.07, 6.45) is -5.31. The highest BCUT2D eigenvalue weighted by atomic mass is 32.1. The third-order valence-electron chi connectivity index (χ3n) is 4.55. The van der Waals surface area contributed by atoms with Crippen LogP contribution in [0.25, 0.3) is 0 Å². The van der Waals surface area contributed by atoms with Gasteiger partial charge in [0.05, 0.1) is 10.9 Å². The smallest absolute Gasteiger partial charge is 0.363 e. The molecule has 144 valence electrons. The van der Waals surface area contributed by atoms with E-state index in [1.165, 1.54) is 17.5 Å². The van der Waals surface area contributed by atoms with Crippen LogP contribution in [0.1, 0.15) is 21.3 Å². The lowest BCUT2D eigenvalue weighted by Crippen LogP contribution is -2.72. The van der Waals surface area contributed by atoms with Gasteiger partial charge in [0, 0.05) is 7.05 Å². The monoisotopic (exact) mass is 402 g/mol. The fraction of sp³-hybridized carbons (Fsp3) is 0.294. The maximum atomic E-state index is 13.9. The highest BCUT2D eigenvalue weighted by molar-refractivity contribution is 7.12. The first kappa shape index (κ1) is 19.3. The molecule has 0 aliphatic carbocycles. The summed E-state index contributed by atoms with van der Waals surface area (Å²) in [5.74, 6) is -3.71. The van der Waals surface area contributed by atoms with Crippen LogP contribution in [0.2, 0.25) is 0 Å². The van der Waals surface area contributed by atoms with Crippen LogP contribution in [0.4, 0.5) is 22.4 Å². The van der Waals surface area contributed by atoms with Crippen molar-refractivity contribution in [1.29, 1.82) is 0 Å². The summed E-state index contributed by atoms with van der Waals surface area (Å²) in [6.45, 7) is 0. The first-order valence-corrected chi connectivity index (χ1v) is 8.62. The zero-order valence-electron chi connectivity index (χ0n) is 13.8. The van der Waals surface area contributed by atoms with Crippen molar-refractivity contribution < 1.29 is 32.3 Å². The number of halogens is 4. The average Bonchev–Trinajstić information content (AvgIpc) is 3.13. The Hall–Kier alpha value is -2.46. The Morgan fingerprint density at radius 1 is 1.26 bits per heavy atom. The average molecular weight is 402 g/mol. The Morgan fingerprint density at radius 2 is 1.89 bits per heavy atom. The maximum absolute atomic E-state index is 13.9. The molecule has 1 aliphatic heterocycles. The van der Waals surface area contributed by atoms with Crippen molar-refractivity contribution in [3.63, 3.8) is 0 Å². The molecule has 1 aromatic heterocycles. The number of hydrogen-bond acceptors (Lipinski definition) is 4. The second-order valence-corrected chi connectivity index (χ2v) is 7.03. The standard InChI is InChI=1S/C17H14F4N2O3S/c1-23-15(25)22-13(9-4-6-10(18)7-5-9)12(16(23,26)17(19,20)21)14(24)11-3-2-8-27-11/h2-8,12-13,26H,1H3,(H,22,25)/t12-,13-,16+/m1/s1. The van der Waals surface area contributed by atoms with Crippen molar-refractivity contribution in [3.8, 4) is 0 Å². The number of rotatable bonds is 3. The minimum absolute atomic E-state index is 0.000615. The summed E-state index contributed by atoms with van der Waals surface area (Å²) in [4.78, 5) is 25.1. The number of thiophene rings is 1. The molecular weight excluding hydrogens is 388 g/mol. The van der Waals surface area contributed by atoms with Crippen LogP contribution in [0.3, 0.4) is 0 Å². The molecular formula is C17H14F4N2O3S. The van der Waals surface area contributed by atoms with Crippen LogP contribution in [0, 0.1) is 11.7 Å². The van der Waals surface area contributed by atoms with Gasteiger partial charge in [-0.05, 0) is 29.1 Å². The van der Waals surface area contributed by atoms with Gasteiger partial charge in [0.2, 0.25) is 0 Å². The molecule has 2 heterocycles. The normalized spacial score (nSPS) is 26.0. The first-order chi connectivity index (χ1) is 12.6. The molecule has 3 atom stereocenters. The molecule has 0 bridgehead atoms. The molecule has 5 nitrogen and oxygen atoms in total. The molecule has 0 unspecified atom stereocenters. The summed E-state index contributed by atoms with van der Waals surface area (Å²) in [5, 5.41) is 14.4. The van der Waals surface area contributed by atoms with Crippen molar-refractivity contribution in [3.05, 3.63) is 58.0 Å². The fourth-order valence-electron chi connectivity index (χ4n) is 3.13. The topological polar surface area (TPSA) is 69.6 Å². The molecule has 2 amide bonds. The number of alkyl halides is 3. The zero-order chi connectivity index (χ0) is 20.0. The van der Waals surface area contributed by atoms with Crippen molar-refractivity contribution in [2.45, 2.75) is 17.9 Å². The van der Waals surface area contributed by atoms with E-state index < -0.39 is 41.5 Å². The Kier molecular flexibility index (Phi) is 4.73. The molecule has 2 N–H and O–H groups in total. The molecule has 1 saturated heterocycles. The van der Waals surface area contributed by atoms with Crippen LogP contribution < -0.4 is 5.32 Å². The number of Topliss-reactive ketones (excluding diaryl/α,β-unsaturated/α-hetero) is 1. The van der Waals surface area contributed by atoms with Gasteiger partial charge in [0.25, 0.3) is 5.72 Å². The molecule has 0 spiro atoms. The SMILES string of the molecule is CN1C(=O)N[C@H](c2ccc(F)cc2)[C@H](C(=O)c2cccs2)[C@]1(O)C(F)(F)F. The van der Waals surface area contributed by atoms with Crippen LogP contribution in [0.15, 0.2) is 41.8 Å². The van der Waals surface area contributed by atoms with E-state index >= 15 is 0 Å². The minimum Gasteiger partial charge on any atom is -0.363 e. The Labute approximate surface area is 155 Å². The van der Waals surface area contributed by atoms with Gasteiger partial charge in [-0.1, -0.05) is 18.2 Å². The van der Waals surface area contributed by atoms with Crippen LogP contribution >= 0.6 is 11.3 Å². The number of ketones is 1. The Bertz CT molecular complexity index is 854. The van der Waals surface area contributed by atoms with Crippen LogP contribution in [-0.4, -0.2) is 40.8 Å². The van der Waals surface area contributed by atoms with Gasteiger partial charge in [0.1, 0.15) is 11.7 Å². The first-order valence-electron chi connectivity index (χ1n) is 7.74. The van der Waals surface area contributed by atoms with E-state index in [1.807, 2.05) is 0 Å². The summed E-state index contributed by atoms with van der Waals surface area (Å²) >= 11 is 0.919.